The van der Waals surface area contributed by atoms with E-state index in [9.17, 15) is 9.59 Å². The number of carbonyl (C=O) groups excluding carboxylic acids is 2. The van der Waals surface area contributed by atoms with Crippen molar-refractivity contribution in [3.63, 3.8) is 0 Å². The molecule has 1 N–H and O–H groups in total. The number of aryl methyl sites for hydroxylation is 1. The number of pyridine rings is 1. The number of benzene rings is 3. The fourth-order valence-corrected chi connectivity index (χ4v) is 8.77. The molecule has 10 nitrogen and oxygen atoms in total. The maximum Gasteiger partial charge on any atom is 0.364 e. The summed E-state index contributed by atoms with van der Waals surface area (Å²) >= 11 is 1.41. The SMILES string of the molecule is CNC(=O)c1ccccc1Sc1ccc2c(/C=C/c3ccccn3)nn(P(=O)(C[C@@H](C)C(=O)OC)Oc3cccc4c3ccn4C)c2c1. The molecule has 0 radical (unpaired) electrons. The number of hydrogen-bond donors (Lipinski definition) is 1. The van der Waals surface area contributed by atoms with Gasteiger partial charge in [0, 0.05) is 47.1 Å². The fourth-order valence-electron chi connectivity index (χ4n) is 5.45. The number of aromatic nitrogens is 4. The summed E-state index contributed by atoms with van der Waals surface area (Å²) < 4.78 is 30.3. The third-order valence-corrected chi connectivity index (χ3v) is 11.3. The van der Waals surface area contributed by atoms with Gasteiger partial charge in [-0.3, -0.25) is 19.1 Å². The molecule has 0 fully saturated rings. The molecular formula is C36H34N5O5PS. The molecule has 6 aromatic rings. The second kappa shape index (κ2) is 13.9. The molecule has 12 heteroatoms. The molecule has 0 saturated carbocycles. The van der Waals surface area contributed by atoms with E-state index in [0.717, 1.165) is 31.8 Å². The van der Waals surface area contributed by atoms with Crippen LogP contribution in [-0.4, -0.2) is 51.3 Å². The van der Waals surface area contributed by atoms with Crippen molar-refractivity contribution in [2.45, 2.75) is 16.7 Å². The van der Waals surface area contributed by atoms with Crippen molar-refractivity contribution >= 4 is 65.1 Å². The van der Waals surface area contributed by atoms with Gasteiger partial charge in [0.15, 0.2) is 0 Å². The number of ether oxygens (including phenoxy) is 1. The summed E-state index contributed by atoms with van der Waals surface area (Å²) in [6.07, 6.45) is 7.10. The van der Waals surface area contributed by atoms with Crippen LogP contribution in [0.4, 0.5) is 0 Å². The van der Waals surface area contributed by atoms with Gasteiger partial charge >= 0.3 is 13.5 Å². The van der Waals surface area contributed by atoms with Crippen molar-refractivity contribution in [1.82, 2.24) is 24.4 Å². The smallest absolute Gasteiger partial charge is 0.364 e. The largest absolute Gasteiger partial charge is 0.469 e. The summed E-state index contributed by atoms with van der Waals surface area (Å²) in [6, 6.07) is 26.1. The molecule has 1 amide bonds. The molecule has 0 aliphatic heterocycles. The Hall–Kier alpha value is -5.12. The van der Waals surface area contributed by atoms with E-state index < -0.39 is 19.4 Å². The molecule has 0 saturated heterocycles. The Morgan fingerprint density at radius 3 is 2.56 bits per heavy atom. The molecule has 3 aromatic heterocycles. The zero-order valence-corrected chi connectivity index (χ0v) is 28.6. The summed E-state index contributed by atoms with van der Waals surface area (Å²) in [7, 11) is 0.832. The van der Waals surface area contributed by atoms with Gasteiger partial charge in [0.25, 0.3) is 5.91 Å². The van der Waals surface area contributed by atoms with Gasteiger partial charge in [0.1, 0.15) is 5.75 Å². The van der Waals surface area contributed by atoms with Crippen LogP contribution in [0.25, 0.3) is 34.0 Å². The molecule has 244 valence electrons. The first kappa shape index (κ1) is 32.8. The lowest BCUT2D eigenvalue weighted by molar-refractivity contribution is -0.144. The summed E-state index contributed by atoms with van der Waals surface area (Å²) in [5.74, 6) is -1.06. The molecule has 0 spiro atoms. The van der Waals surface area contributed by atoms with Gasteiger partial charge < -0.3 is 19.1 Å². The number of nitrogens with zero attached hydrogens (tertiary/aromatic N) is 4. The highest BCUT2D eigenvalue weighted by atomic mass is 32.2. The Morgan fingerprint density at radius 2 is 1.79 bits per heavy atom. The van der Waals surface area contributed by atoms with Gasteiger partial charge in [-0.15, -0.1) is 0 Å². The number of methoxy groups -OCH3 is 1. The first-order valence-corrected chi connectivity index (χ1v) is 17.8. The number of nitrogens with one attached hydrogen (secondary N) is 1. The predicted molar refractivity (Wildman–Crippen MR) is 189 cm³/mol. The minimum Gasteiger partial charge on any atom is -0.469 e. The zero-order chi connectivity index (χ0) is 33.8. The van der Waals surface area contributed by atoms with Gasteiger partial charge in [-0.2, -0.15) is 9.55 Å². The Balaban J connectivity index is 1.53. The van der Waals surface area contributed by atoms with E-state index in [4.69, 9.17) is 14.4 Å². The van der Waals surface area contributed by atoms with Crippen LogP contribution in [0.2, 0.25) is 0 Å². The normalized spacial score (nSPS) is 13.4. The van der Waals surface area contributed by atoms with Gasteiger partial charge in [-0.25, -0.2) is 0 Å². The third-order valence-electron chi connectivity index (χ3n) is 7.88. The van der Waals surface area contributed by atoms with Crippen LogP contribution in [-0.2, 0) is 21.1 Å². The molecule has 2 atom stereocenters. The fraction of sp³-hybridized carbons (Fsp3) is 0.167. The molecule has 48 heavy (non-hydrogen) atoms. The van der Waals surface area contributed by atoms with Crippen LogP contribution in [0.1, 0.15) is 28.7 Å². The lowest BCUT2D eigenvalue weighted by atomic mass is 10.2. The first-order chi connectivity index (χ1) is 23.2. The minimum atomic E-state index is -3.99. The molecule has 3 heterocycles. The van der Waals surface area contributed by atoms with Crippen LogP contribution < -0.4 is 9.84 Å². The van der Waals surface area contributed by atoms with Gasteiger partial charge in [-0.05, 0) is 72.8 Å². The van der Waals surface area contributed by atoms with Crippen LogP contribution in [0.15, 0.2) is 107 Å². The number of carbonyl (C=O) groups is 2. The van der Waals surface area contributed by atoms with Crippen LogP contribution in [0.5, 0.6) is 5.75 Å². The van der Waals surface area contributed by atoms with E-state index in [2.05, 4.69) is 10.3 Å². The average molecular weight is 680 g/mol. The standard InChI is InChI=1S/C36H34N5O5PS/c1-24(36(43)45-4)23-47(44,46-33-13-9-12-31-28(33)19-21-40(31)3)41-32-22-26(48-34-14-6-5-11-29(34)35(42)37-2)16-17-27(32)30(39-41)18-15-25-10-7-8-20-38-25/h5-22,24H,23H2,1-4H3,(H,37,42)/b18-15+/t24-,47?/m1/s1. The second-order valence-corrected chi connectivity index (χ2v) is 14.5. The summed E-state index contributed by atoms with van der Waals surface area (Å²) in [4.78, 5) is 31.3. The predicted octanol–water partition coefficient (Wildman–Crippen LogP) is 7.53. The van der Waals surface area contributed by atoms with E-state index >= 15 is 4.57 Å². The number of amides is 1. The van der Waals surface area contributed by atoms with Crippen molar-refractivity contribution in [2.24, 2.45) is 13.0 Å². The summed E-state index contributed by atoms with van der Waals surface area (Å²) in [6.45, 7) is 1.66. The van der Waals surface area contributed by atoms with Gasteiger partial charge in [-0.1, -0.05) is 43.0 Å². The summed E-state index contributed by atoms with van der Waals surface area (Å²) in [5, 5.41) is 9.08. The lowest BCUT2D eigenvalue weighted by Crippen LogP contribution is -2.21. The van der Waals surface area contributed by atoms with E-state index in [-0.39, 0.29) is 12.1 Å². The van der Waals surface area contributed by atoms with Crippen molar-refractivity contribution in [1.29, 1.82) is 0 Å². The highest BCUT2D eigenvalue weighted by molar-refractivity contribution is 7.99. The number of hydrogen-bond acceptors (Lipinski definition) is 8. The Labute approximate surface area is 282 Å². The van der Waals surface area contributed by atoms with E-state index in [1.54, 1.807) is 32.3 Å². The maximum absolute atomic E-state index is 15.4. The van der Waals surface area contributed by atoms with Crippen LogP contribution in [0, 0.1) is 5.92 Å². The van der Waals surface area contributed by atoms with Crippen LogP contribution >= 0.6 is 19.3 Å². The average Bonchev–Trinajstić information content (AvgIpc) is 3.68. The minimum absolute atomic E-state index is 0.167. The maximum atomic E-state index is 15.4. The lowest BCUT2D eigenvalue weighted by Gasteiger charge is -2.23. The van der Waals surface area contributed by atoms with E-state index in [0.29, 0.717) is 22.5 Å². The molecule has 1 unspecified atom stereocenters. The number of fused-ring (bicyclic) bond motifs is 2. The Morgan fingerprint density at radius 1 is 0.979 bits per heavy atom. The van der Waals surface area contributed by atoms with Crippen molar-refractivity contribution in [3.05, 3.63) is 114 Å². The quantitative estimate of drug-likeness (QED) is 0.110. The molecule has 3 aromatic carbocycles. The van der Waals surface area contributed by atoms with E-state index in [1.165, 1.54) is 23.3 Å². The van der Waals surface area contributed by atoms with Gasteiger partial charge in [0.05, 0.1) is 47.2 Å². The van der Waals surface area contributed by atoms with Gasteiger partial charge in [0.2, 0.25) is 0 Å². The molecule has 0 aliphatic rings. The Kier molecular flexibility index (Phi) is 9.52. The topological polar surface area (TPSA) is 117 Å². The third kappa shape index (κ3) is 6.65. The zero-order valence-electron chi connectivity index (χ0n) is 26.9. The van der Waals surface area contributed by atoms with E-state index in [1.807, 2.05) is 103 Å². The van der Waals surface area contributed by atoms with Crippen molar-refractivity contribution < 1.29 is 23.4 Å². The number of esters is 1. The first-order valence-electron chi connectivity index (χ1n) is 15.2. The van der Waals surface area contributed by atoms with Crippen molar-refractivity contribution in [3.8, 4) is 5.75 Å². The number of rotatable bonds is 11. The second-order valence-electron chi connectivity index (χ2n) is 11.2. The highest BCUT2D eigenvalue weighted by Gasteiger charge is 2.36. The Bertz CT molecular complexity index is 2210. The molecule has 6 rings (SSSR count). The highest BCUT2D eigenvalue weighted by Crippen LogP contribution is 2.53. The monoisotopic (exact) mass is 679 g/mol. The molecular weight excluding hydrogens is 645 g/mol. The van der Waals surface area contributed by atoms with Crippen molar-refractivity contribution in [2.75, 3.05) is 20.3 Å². The molecule has 0 bridgehead atoms. The summed E-state index contributed by atoms with van der Waals surface area (Å²) in [5.41, 5.74) is 3.25. The van der Waals surface area contributed by atoms with Crippen LogP contribution in [0.3, 0.4) is 0 Å². The molecule has 0 aliphatic carbocycles.